The molecule has 2 aromatic heterocycles. The van der Waals surface area contributed by atoms with Gasteiger partial charge in [-0.2, -0.15) is 0 Å². The average Bonchev–Trinajstić information content (AvgIpc) is 3.39. The molecule has 0 saturated carbocycles. The third kappa shape index (κ3) is 5.25. The van der Waals surface area contributed by atoms with E-state index in [1.54, 1.807) is 31.6 Å². The van der Waals surface area contributed by atoms with E-state index in [1.165, 1.54) is 0 Å². The molecule has 0 aliphatic rings. The number of phenols is 1. The fourth-order valence-electron chi connectivity index (χ4n) is 3.54. The van der Waals surface area contributed by atoms with Crippen molar-refractivity contribution in [2.75, 3.05) is 7.11 Å². The second-order valence-corrected chi connectivity index (χ2v) is 7.51. The zero-order valence-electron chi connectivity index (χ0n) is 17.9. The van der Waals surface area contributed by atoms with Crippen LogP contribution < -0.4 is 16.2 Å². The van der Waals surface area contributed by atoms with Crippen LogP contribution in [0.3, 0.4) is 0 Å². The van der Waals surface area contributed by atoms with Crippen LogP contribution >= 0.6 is 0 Å². The summed E-state index contributed by atoms with van der Waals surface area (Å²) < 4.78 is 5.21. The minimum atomic E-state index is -1.03. The van der Waals surface area contributed by atoms with Crippen molar-refractivity contribution in [2.24, 2.45) is 11.5 Å². The van der Waals surface area contributed by atoms with Gasteiger partial charge in [-0.15, -0.1) is 0 Å². The number of aromatic hydroxyl groups is 1. The summed E-state index contributed by atoms with van der Waals surface area (Å²) in [4.78, 5) is 27.3. The molecule has 4 rings (SSSR count). The van der Waals surface area contributed by atoms with E-state index in [0.717, 1.165) is 33.2 Å². The topological polar surface area (TPSA) is 188 Å². The highest BCUT2D eigenvalue weighted by atomic mass is 16.5. The van der Waals surface area contributed by atoms with Gasteiger partial charge < -0.3 is 41.5 Å². The van der Waals surface area contributed by atoms with Crippen molar-refractivity contribution in [3.8, 4) is 11.5 Å². The van der Waals surface area contributed by atoms with Crippen LogP contribution in [-0.4, -0.2) is 56.4 Å². The molecule has 2 heterocycles. The summed E-state index contributed by atoms with van der Waals surface area (Å²) >= 11 is 0. The van der Waals surface area contributed by atoms with Crippen LogP contribution in [0.25, 0.3) is 21.8 Å². The molecule has 10 heteroatoms. The number of aromatic nitrogens is 2. The third-order valence-corrected chi connectivity index (χ3v) is 5.28. The van der Waals surface area contributed by atoms with Crippen molar-refractivity contribution in [3.63, 3.8) is 0 Å². The van der Waals surface area contributed by atoms with Gasteiger partial charge in [0.1, 0.15) is 23.6 Å². The molecule has 10 nitrogen and oxygen atoms in total. The highest BCUT2D eigenvalue weighted by Crippen LogP contribution is 2.28. The van der Waals surface area contributed by atoms with E-state index in [-0.39, 0.29) is 12.2 Å². The summed E-state index contributed by atoms with van der Waals surface area (Å²) in [5, 5.41) is 28.8. The highest BCUT2D eigenvalue weighted by molar-refractivity contribution is 5.89. The van der Waals surface area contributed by atoms with Gasteiger partial charge in [0.15, 0.2) is 0 Å². The number of methoxy groups -OCH3 is 1. The number of nitrogens with one attached hydrogen (secondary N) is 2. The lowest BCUT2D eigenvalue weighted by atomic mass is 10.1. The Morgan fingerprint density at radius 3 is 1.88 bits per heavy atom. The Morgan fingerprint density at radius 1 is 0.879 bits per heavy atom. The third-order valence-electron chi connectivity index (χ3n) is 5.28. The molecule has 0 bridgehead atoms. The van der Waals surface area contributed by atoms with Gasteiger partial charge >= 0.3 is 11.9 Å². The molecular weight excluding hydrogens is 428 g/mol. The van der Waals surface area contributed by atoms with Crippen molar-refractivity contribution in [1.82, 2.24) is 9.97 Å². The first-order valence-electron chi connectivity index (χ1n) is 10.1. The number of phenolic OH excluding ortho intramolecular Hbond substituents is 1. The number of carboxylic acid groups (broad SMARTS) is 2. The molecule has 0 aliphatic carbocycles. The standard InChI is InChI=1S/C12H14N2O3.C11H12N2O3/c1-17-10-4-2-3-8-7(6-14-11(8)10)5-9(13)12(15)16;12-8(11(15)16)4-6-5-13-10-7(6)2-1-3-9(10)14/h2-4,6,9,14H,5,13H2,1H3,(H,15,16);1-3,5,8,13-14H,4,12H2,(H,15,16)/t9-;8-/m00/s1. The first-order valence-corrected chi connectivity index (χ1v) is 10.1. The monoisotopic (exact) mass is 454 g/mol. The predicted octanol–water partition coefficient (Wildman–Crippen LogP) is 1.96. The minimum Gasteiger partial charge on any atom is -0.506 e. The smallest absolute Gasteiger partial charge is 0.320 e. The minimum absolute atomic E-state index is 0.146. The fraction of sp³-hybridized carbons (Fsp3) is 0.217. The second-order valence-electron chi connectivity index (χ2n) is 7.51. The van der Waals surface area contributed by atoms with Gasteiger partial charge in [-0.05, 0) is 23.3 Å². The molecule has 0 aliphatic heterocycles. The maximum atomic E-state index is 10.7. The molecule has 9 N–H and O–H groups in total. The molecule has 2 aromatic carbocycles. The zero-order chi connectivity index (χ0) is 24.1. The number of fused-ring (bicyclic) bond motifs is 2. The maximum Gasteiger partial charge on any atom is 0.320 e. The lowest BCUT2D eigenvalue weighted by Crippen LogP contribution is -2.32. The number of carbonyl (C=O) groups is 2. The number of benzene rings is 2. The van der Waals surface area contributed by atoms with E-state index in [2.05, 4.69) is 9.97 Å². The zero-order valence-corrected chi connectivity index (χ0v) is 17.9. The number of aromatic amines is 2. The van der Waals surface area contributed by atoms with Crippen molar-refractivity contribution < 1.29 is 29.6 Å². The Bertz CT molecular complexity index is 1280. The molecule has 0 spiro atoms. The van der Waals surface area contributed by atoms with Gasteiger partial charge in [-0.3, -0.25) is 9.59 Å². The number of hydrogen-bond donors (Lipinski definition) is 7. The van der Waals surface area contributed by atoms with Crippen LogP contribution in [0.5, 0.6) is 11.5 Å². The molecular formula is C23H26N4O6. The molecule has 0 fully saturated rings. The summed E-state index contributed by atoms with van der Waals surface area (Å²) in [6.45, 7) is 0. The van der Waals surface area contributed by atoms with Gasteiger partial charge in [0.25, 0.3) is 0 Å². The van der Waals surface area contributed by atoms with E-state index >= 15 is 0 Å². The van der Waals surface area contributed by atoms with Crippen molar-refractivity contribution >= 4 is 33.7 Å². The number of para-hydroxylation sites is 2. The van der Waals surface area contributed by atoms with Crippen molar-refractivity contribution in [3.05, 3.63) is 59.9 Å². The summed E-state index contributed by atoms with van der Waals surface area (Å²) in [6, 6.07) is 8.90. The van der Waals surface area contributed by atoms with Crippen LogP contribution in [0.15, 0.2) is 48.8 Å². The molecule has 174 valence electrons. The lowest BCUT2D eigenvalue weighted by Gasteiger charge is -2.05. The molecule has 0 saturated heterocycles. The van der Waals surface area contributed by atoms with Crippen LogP contribution in [-0.2, 0) is 22.4 Å². The van der Waals surface area contributed by atoms with Gasteiger partial charge in [0.05, 0.1) is 18.1 Å². The Hall–Kier alpha value is -4.02. The van der Waals surface area contributed by atoms with Crippen LogP contribution in [0.1, 0.15) is 11.1 Å². The largest absolute Gasteiger partial charge is 0.506 e. The maximum absolute atomic E-state index is 10.7. The van der Waals surface area contributed by atoms with Gasteiger partial charge in [0.2, 0.25) is 0 Å². The number of aliphatic carboxylic acids is 2. The Kier molecular flexibility index (Phi) is 7.21. The van der Waals surface area contributed by atoms with Gasteiger partial charge in [0, 0.05) is 36.0 Å². The van der Waals surface area contributed by atoms with Crippen molar-refractivity contribution in [2.45, 2.75) is 24.9 Å². The molecule has 4 aromatic rings. The van der Waals surface area contributed by atoms with E-state index in [4.69, 9.17) is 26.4 Å². The highest BCUT2D eigenvalue weighted by Gasteiger charge is 2.16. The normalized spacial score (nSPS) is 12.7. The lowest BCUT2D eigenvalue weighted by molar-refractivity contribution is -0.139. The number of carboxylic acids is 2. The summed E-state index contributed by atoms with van der Waals surface area (Å²) in [5.41, 5.74) is 14.1. The number of H-pyrrole nitrogens is 2. The Labute approximate surface area is 188 Å². The molecule has 0 radical (unpaired) electrons. The number of nitrogens with two attached hydrogens (primary N) is 2. The number of ether oxygens (including phenoxy) is 1. The van der Waals surface area contributed by atoms with E-state index < -0.39 is 24.0 Å². The summed E-state index contributed by atoms with van der Waals surface area (Å²) in [6.07, 6.45) is 3.98. The summed E-state index contributed by atoms with van der Waals surface area (Å²) in [5.74, 6) is -1.15. The van der Waals surface area contributed by atoms with Crippen molar-refractivity contribution in [1.29, 1.82) is 0 Å². The van der Waals surface area contributed by atoms with Gasteiger partial charge in [-0.25, -0.2) is 0 Å². The van der Waals surface area contributed by atoms with E-state index in [0.29, 0.717) is 11.9 Å². The van der Waals surface area contributed by atoms with E-state index in [1.807, 2.05) is 24.3 Å². The Balaban J connectivity index is 0.000000186. The van der Waals surface area contributed by atoms with Crippen LogP contribution in [0.2, 0.25) is 0 Å². The Morgan fingerprint density at radius 2 is 1.36 bits per heavy atom. The first-order chi connectivity index (χ1) is 15.7. The molecule has 2 atom stereocenters. The first kappa shape index (κ1) is 23.6. The van der Waals surface area contributed by atoms with Crippen LogP contribution in [0.4, 0.5) is 0 Å². The molecule has 0 unspecified atom stereocenters. The van der Waals surface area contributed by atoms with Gasteiger partial charge in [-0.1, -0.05) is 24.3 Å². The fourth-order valence-corrected chi connectivity index (χ4v) is 3.54. The second kappa shape index (κ2) is 10.1. The average molecular weight is 454 g/mol. The van der Waals surface area contributed by atoms with E-state index in [9.17, 15) is 14.7 Å². The molecule has 33 heavy (non-hydrogen) atoms. The number of hydrogen-bond acceptors (Lipinski definition) is 6. The molecule has 0 amide bonds. The van der Waals surface area contributed by atoms with Crippen LogP contribution in [0, 0.1) is 0 Å². The number of rotatable bonds is 7. The SMILES string of the molecule is COc1cccc2c(C[C@H](N)C(=O)O)c[nH]c12.N[C@@H](Cc1c[nH]c2c(O)cccc12)C(=O)O. The quantitative estimate of drug-likeness (QED) is 0.221. The summed E-state index contributed by atoms with van der Waals surface area (Å²) in [7, 11) is 1.60. The predicted molar refractivity (Wildman–Crippen MR) is 123 cm³/mol.